The number of rotatable bonds is 3. The van der Waals surface area contributed by atoms with Crippen LogP contribution in [0, 0.1) is 0 Å². The second-order valence-corrected chi connectivity index (χ2v) is 5.51. The smallest absolute Gasteiger partial charge is 0.358 e. The molecule has 106 valence electrons. The molecule has 0 bridgehead atoms. The molecule has 0 amide bonds. The van der Waals surface area contributed by atoms with Gasteiger partial charge in [0.25, 0.3) is 0 Å². The van der Waals surface area contributed by atoms with E-state index in [1.54, 1.807) is 4.68 Å². The summed E-state index contributed by atoms with van der Waals surface area (Å²) in [5.41, 5.74) is 7.53. The highest BCUT2D eigenvalue weighted by atomic mass is 16.5. The topological polar surface area (TPSA) is 70.1 Å². The van der Waals surface area contributed by atoms with E-state index in [1.807, 2.05) is 13.8 Å². The van der Waals surface area contributed by atoms with E-state index in [4.69, 9.17) is 10.5 Å². The number of hydrogen-bond acceptors (Lipinski definition) is 4. The summed E-state index contributed by atoms with van der Waals surface area (Å²) in [6.07, 6.45) is 5.81. The van der Waals surface area contributed by atoms with Gasteiger partial charge in [0.15, 0.2) is 5.69 Å². The summed E-state index contributed by atoms with van der Waals surface area (Å²) >= 11 is 0. The highest BCUT2D eigenvalue weighted by Crippen LogP contribution is 2.38. The number of anilines is 1. The molecule has 0 aliphatic heterocycles. The van der Waals surface area contributed by atoms with Gasteiger partial charge in [0, 0.05) is 11.6 Å². The third kappa shape index (κ3) is 2.60. The van der Waals surface area contributed by atoms with Gasteiger partial charge in [-0.15, -0.1) is 0 Å². The Morgan fingerprint density at radius 2 is 2.00 bits per heavy atom. The zero-order valence-electron chi connectivity index (χ0n) is 12.0. The largest absolute Gasteiger partial charge is 0.464 e. The Kier molecular flexibility index (Phi) is 4.12. The Morgan fingerprint density at radius 3 is 2.53 bits per heavy atom. The first-order valence-electron chi connectivity index (χ1n) is 7.02. The number of methoxy groups -OCH3 is 1. The van der Waals surface area contributed by atoms with Gasteiger partial charge in [-0.05, 0) is 32.6 Å². The van der Waals surface area contributed by atoms with Gasteiger partial charge in [0.2, 0.25) is 0 Å². The first-order valence-corrected chi connectivity index (χ1v) is 7.02. The third-order valence-electron chi connectivity index (χ3n) is 3.87. The van der Waals surface area contributed by atoms with Crippen molar-refractivity contribution in [2.75, 3.05) is 12.8 Å². The number of hydrogen-bond donors (Lipinski definition) is 1. The van der Waals surface area contributed by atoms with Gasteiger partial charge >= 0.3 is 5.97 Å². The van der Waals surface area contributed by atoms with Crippen LogP contribution in [-0.2, 0) is 4.74 Å². The van der Waals surface area contributed by atoms with Crippen molar-refractivity contribution in [3.63, 3.8) is 0 Å². The minimum atomic E-state index is -0.383. The summed E-state index contributed by atoms with van der Waals surface area (Å²) in [5, 5.41) is 4.37. The molecule has 5 nitrogen and oxygen atoms in total. The molecule has 2 rings (SSSR count). The molecule has 0 unspecified atom stereocenters. The average molecular weight is 265 g/mol. The molecule has 1 aliphatic rings. The van der Waals surface area contributed by atoms with Gasteiger partial charge in [-0.3, -0.25) is 0 Å². The zero-order chi connectivity index (χ0) is 14.0. The average Bonchev–Trinajstić information content (AvgIpc) is 2.76. The fraction of sp³-hybridized carbons (Fsp3) is 0.714. The van der Waals surface area contributed by atoms with Crippen molar-refractivity contribution < 1.29 is 9.53 Å². The van der Waals surface area contributed by atoms with Crippen LogP contribution >= 0.6 is 0 Å². The van der Waals surface area contributed by atoms with Crippen molar-refractivity contribution in [3.8, 4) is 0 Å². The molecule has 0 saturated heterocycles. The van der Waals surface area contributed by atoms with Crippen LogP contribution < -0.4 is 5.73 Å². The summed E-state index contributed by atoms with van der Waals surface area (Å²) in [6.45, 7) is 4.02. The van der Waals surface area contributed by atoms with Gasteiger partial charge in [-0.2, -0.15) is 5.10 Å². The van der Waals surface area contributed by atoms with Crippen molar-refractivity contribution in [2.24, 2.45) is 0 Å². The summed E-state index contributed by atoms with van der Waals surface area (Å²) < 4.78 is 6.58. The molecule has 1 saturated carbocycles. The van der Waals surface area contributed by atoms with Gasteiger partial charge in [-0.25, -0.2) is 9.48 Å². The van der Waals surface area contributed by atoms with Crippen LogP contribution in [0.2, 0.25) is 0 Å². The van der Waals surface area contributed by atoms with Gasteiger partial charge in [0.05, 0.1) is 7.11 Å². The molecule has 0 aromatic carbocycles. The first kappa shape index (κ1) is 13.9. The molecule has 1 fully saturated rings. The number of esters is 1. The fourth-order valence-corrected chi connectivity index (χ4v) is 2.90. The van der Waals surface area contributed by atoms with Crippen LogP contribution in [-0.4, -0.2) is 22.9 Å². The van der Waals surface area contributed by atoms with E-state index in [-0.39, 0.29) is 12.0 Å². The van der Waals surface area contributed by atoms with Crippen LogP contribution in [0.25, 0.3) is 0 Å². The lowest BCUT2D eigenvalue weighted by atomic mass is 9.83. The Hall–Kier alpha value is -1.52. The predicted octanol–water partition coefficient (Wildman–Crippen LogP) is 2.88. The van der Waals surface area contributed by atoms with E-state index >= 15 is 0 Å². The number of carbonyl (C=O) groups is 1. The molecule has 1 aromatic rings. The number of nitrogen functional groups attached to an aromatic ring is 1. The highest BCUT2D eigenvalue weighted by Gasteiger charge is 2.29. The minimum Gasteiger partial charge on any atom is -0.464 e. The molecular formula is C14H23N3O2. The number of aromatic nitrogens is 2. The zero-order valence-corrected chi connectivity index (χ0v) is 12.0. The highest BCUT2D eigenvalue weighted by molar-refractivity contribution is 5.90. The van der Waals surface area contributed by atoms with Gasteiger partial charge in [0.1, 0.15) is 5.82 Å². The number of nitrogens with zero attached hydrogens (tertiary/aromatic N) is 2. The van der Waals surface area contributed by atoms with E-state index in [9.17, 15) is 4.79 Å². The second kappa shape index (κ2) is 5.63. The molecule has 1 aliphatic carbocycles. The molecule has 0 spiro atoms. The van der Waals surface area contributed by atoms with E-state index in [2.05, 4.69) is 5.10 Å². The monoisotopic (exact) mass is 265 g/mol. The fourth-order valence-electron chi connectivity index (χ4n) is 2.90. The predicted molar refractivity (Wildman–Crippen MR) is 74.2 cm³/mol. The van der Waals surface area contributed by atoms with Gasteiger partial charge in [-0.1, -0.05) is 19.3 Å². The maximum absolute atomic E-state index is 11.9. The lowest BCUT2D eigenvalue weighted by Crippen LogP contribution is -2.12. The Bertz CT molecular complexity index is 460. The van der Waals surface area contributed by atoms with Crippen LogP contribution in [0.5, 0.6) is 0 Å². The van der Waals surface area contributed by atoms with Crippen molar-refractivity contribution in [2.45, 2.75) is 57.9 Å². The number of carbonyl (C=O) groups excluding carboxylic acids is 1. The lowest BCUT2D eigenvalue weighted by Gasteiger charge is -2.22. The van der Waals surface area contributed by atoms with Crippen LogP contribution in [0.1, 0.15) is 74.0 Å². The molecule has 2 N–H and O–H groups in total. The number of ether oxygens (including phenoxy) is 1. The summed E-state index contributed by atoms with van der Waals surface area (Å²) in [7, 11) is 1.39. The molecule has 19 heavy (non-hydrogen) atoms. The van der Waals surface area contributed by atoms with Crippen LogP contribution in [0.3, 0.4) is 0 Å². The summed E-state index contributed by atoms with van der Waals surface area (Å²) in [5.74, 6) is 0.587. The van der Waals surface area contributed by atoms with Crippen LogP contribution in [0.15, 0.2) is 0 Å². The quantitative estimate of drug-likeness (QED) is 0.853. The van der Waals surface area contributed by atoms with E-state index in [0.717, 1.165) is 18.4 Å². The van der Waals surface area contributed by atoms with Crippen LogP contribution in [0.4, 0.5) is 5.82 Å². The summed E-state index contributed by atoms with van der Waals surface area (Å²) in [6, 6.07) is 0.140. The normalized spacial score (nSPS) is 16.8. The van der Waals surface area contributed by atoms with Crippen molar-refractivity contribution in [1.29, 1.82) is 0 Å². The summed E-state index contributed by atoms with van der Waals surface area (Å²) in [4.78, 5) is 11.9. The first-order chi connectivity index (χ1) is 9.06. The third-order valence-corrected chi connectivity index (χ3v) is 3.87. The van der Waals surface area contributed by atoms with Gasteiger partial charge < -0.3 is 10.5 Å². The van der Waals surface area contributed by atoms with E-state index in [1.165, 1.54) is 26.4 Å². The van der Waals surface area contributed by atoms with Crippen molar-refractivity contribution in [3.05, 3.63) is 11.3 Å². The Labute approximate surface area is 114 Å². The molecule has 5 heteroatoms. The molecular weight excluding hydrogens is 242 g/mol. The lowest BCUT2D eigenvalue weighted by molar-refractivity contribution is 0.0590. The standard InChI is InChI=1S/C14H23N3O2/c1-9(2)17-13(15)11(10-7-5-4-6-8-10)12(16-17)14(18)19-3/h9-10H,4-8,15H2,1-3H3. The molecule has 1 heterocycles. The SMILES string of the molecule is COC(=O)c1nn(C(C)C)c(N)c1C1CCCCC1. The van der Waals surface area contributed by atoms with Crippen molar-refractivity contribution >= 4 is 11.8 Å². The Balaban J connectivity index is 2.45. The van der Waals surface area contributed by atoms with Crippen molar-refractivity contribution in [1.82, 2.24) is 9.78 Å². The number of nitrogens with two attached hydrogens (primary N) is 1. The Morgan fingerprint density at radius 1 is 1.37 bits per heavy atom. The maximum Gasteiger partial charge on any atom is 0.358 e. The molecule has 1 aromatic heterocycles. The second-order valence-electron chi connectivity index (χ2n) is 5.51. The maximum atomic E-state index is 11.9. The van der Waals surface area contributed by atoms with E-state index < -0.39 is 0 Å². The van der Waals surface area contributed by atoms with E-state index in [0.29, 0.717) is 17.4 Å². The molecule has 0 radical (unpaired) electrons. The molecule has 0 atom stereocenters. The minimum absolute atomic E-state index is 0.140.